The Kier molecular flexibility index (Phi) is 7.60. The van der Waals surface area contributed by atoms with E-state index in [2.05, 4.69) is 10.9 Å². The highest BCUT2D eigenvalue weighted by atomic mass is 32.2. The lowest BCUT2D eigenvalue weighted by Crippen LogP contribution is -2.50. The summed E-state index contributed by atoms with van der Waals surface area (Å²) < 4.78 is 26.9. The average molecular weight is 459 g/mol. The molecular weight excluding hydrogens is 432 g/mol. The Morgan fingerprint density at radius 1 is 0.844 bits per heavy atom. The lowest BCUT2D eigenvalue weighted by molar-refractivity contribution is -0.134. The number of benzene rings is 2. The molecule has 9 nitrogen and oxygen atoms in total. The summed E-state index contributed by atoms with van der Waals surface area (Å²) >= 11 is 0. The van der Waals surface area contributed by atoms with Gasteiger partial charge in [-0.2, -0.15) is 4.31 Å². The second-order valence-corrected chi connectivity index (χ2v) is 9.40. The van der Waals surface area contributed by atoms with Crippen LogP contribution < -0.4 is 10.9 Å². The van der Waals surface area contributed by atoms with Crippen molar-refractivity contribution in [2.45, 2.75) is 24.7 Å². The lowest BCUT2D eigenvalue weighted by atomic mass is 10.2. The van der Waals surface area contributed by atoms with Crippen molar-refractivity contribution in [2.75, 3.05) is 26.2 Å². The molecule has 1 fully saturated rings. The zero-order chi connectivity index (χ0) is 23.1. The van der Waals surface area contributed by atoms with E-state index in [1.54, 1.807) is 59.5 Å². The highest BCUT2D eigenvalue weighted by Crippen LogP contribution is 2.18. The van der Waals surface area contributed by atoms with Gasteiger partial charge >= 0.3 is 0 Å². The number of carbonyl (C=O) groups is 3. The van der Waals surface area contributed by atoms with E-state index < -0.39 is 21.8 Å². The first-order chi connectivity index (χ1) is 15.3. The van der Waals surface area contributed by atoms with Crippen molar-refractivity contribution in [2.24, 2.45) is 0 Å². The first-order valence-corrected chi connectivity index (χ1v) is 11.7. The summed E-state index contributed by atoms with van der Waals surface area (Å²) in [6.07, 6.45) is -0.118. The number of amides is 3. The third-order valence-electron chi connectivity index (χ3n) is 5.17. The molecule has 1 heterocycles. The van der Waals surface area contributed by atoms with Crippen LogP contribution in [0.5, 0.6) is 0 Å². The summed E-state index contributed by atoms with van der Waals surface area (Å²) in [5.74, 6) is -1.17. The van der Waals surface area contributed by atoms with E-state index in [9.17, 15) is 22.8 Å². The summed E-state index contributed by atoms with van der Waals surface area (Å²) in [5.41, 5.74) is 5.98. The maximum absolute atomic E-state index is 12.8. The molecule has 0 aliphatic carbocycles. The molecule has 32 heavy (non-hydrogen) atoms. The molecule has 0 aromatic heterocycles. The lowest BCUT2D eigenvalue weighted by Gasteiger charge is -2.34. The zero-order valence-electron chi connectivity index (χ0n) is 17.8. The number of piperazine rings is 1. The van der Waals surface area contributed by atoms with Crippen LogP contribution in [0, 0.1) is 6.92 Å². The first-order valence-electron chi connectivity index (χ1n) is 10.3. The maximum Gasteiger partial charge on any atom is 0.269 e. The molecule has 0 radical (unpaired) electrons. The molecular formula is C22H26N4O5S. The molecule has 3 amide bonds. The fourth-order valence-electron chi connectivity index (χ4n) is 3.27. The third-order valence-corrected chi connectivity index (χ3v) is 7.08. The number of nitrogens with one attached hydrogen (secondary N) is 2. The SMILES string of the molecule is Cc1ccc(S(=O)(=O)N2CCN(C(=O)CCC(=O)NNC(=O)c3ccccc3)CC2)cc1. The van der Waals surface area contributed by atoms with Crippen LogP contribution in [0.4, 0.5) is 0 Å². The van der Waals surface area contributed by atoms with Crippen molar-refractivity contribution < 1.29 is 22.8 Å². The van der Waals surface area contributed by atoms with Crippen LogP contribution in [0.1, 0.15) is 28.8 Å². The number of aryl methyl sites for hydroxylation is 1. The Labute approximate surface area is 187 Å². The quantitative estimate of drug-likeness (QED) is 0.628. The molecule has 1 aliphatic rings. The summed E-state index contributed by atoms with van der Waals surface area (Å²) in [6.45, 7) is 2.80. The van der Waals surface area contributed by atoms with E-state index >= 15 is 0 Å². The van der Waals surface area contributed by atoms with Gasteiger partial charge in [0.25, 0.3) is 5.91 Å². The summed E-state index contributed by atoms with van der Waals surface area (Å²) in [5, 5.41) is 0. The van der Waals surface area contributed by atoms with Gasteiger partial charge in [-0.15, -0.1) is 0 Å². The van der Waals surface area contributed by atoms with Gasteiger partial charge in [-0.25, -0.2) is 8.42 Å². The summed E-state index contributed by atoms with van der Waals surface area (Å²) in [4.78, 5) is 38.1. The van der Waals surface area contributed by atoms with Gasteiger partial charge < -0.3 is 4.90 Å². The van der Waals surface area contributed by atoms with E-state index in [0.717, 1.165) is 5.56 Å². The van der Waals surface area contributed by atoms with E-state index in [1.165, 1.54) is 4.31 Å². The predicted molar refractivity (Wildman–Crippen MR) is 118 cm³/mol. The number of nitrogens with zero attached hydrogens (tertiary/aromatic N) is 2. The smallest absolute Gasteiger partial charge is 0.269 e. The molecule has 2 N–H and O–H groups in total. The van der Waals surface area contributed by atoms with Gasteiger partial charge in [0, 0.05) is 44.6 Å². The minimum Gasteiger partial charge on any atom is -0.340 e. The van der Waals surface area contributed by atoms with E-state index in [0.29, 0.717) is 5.56 Å². The molecule has 0 spiro atoms. The molecule has 2 aromatic rings. The van der Waals surface area contributed by atoms with Gasteiger partial charge in [-0.1, -0.05) is 35.9 Å². The van der Waals surface area contributed by atoms with Crippen LogP contribution in [-0.2, 0) is 19.6 Å². The van der Waals surface area contributed by atoms with Gasteiger partial charge in [0.1, 0.15) is 0 Å². The van der Waals surface area contributed by atoms with Crippen LogP contribution >= 0.6 is 0 Å². The Hall–Kier alpha value is -3.24. The largest absolute Gasteiger partial charge is 0.340 e. The molecule has 0 unspecified atom stereocenters. The second kappa shape index (κ2) is 10.4. The number of hydrazine groups is 1. The van der Waals surface area contributed by atoms with Crippen molar-refractivity contribution >= 4 is 27.7 Å². The molecule has 1 aliphatic heterocycles. The highest BCUT2D eigenvalue weighted by Gasteiger charge is 2.30. The van der Waals surface area contributed by atoms with E-state index in [4.69, 9.17) is 0 Å². The Morgan fingerprint density at radius 2 is 1.47 bits per heavy atom. The molecule has 2 aromatic carbocycles. The summed E-state index contributed by atoms with van der Waals surface area (Å²) in [7, 11) is -3.60. The fraction of sp³-hybridized carbons (Fsp3) is 0.318. The van der Waals surface area contributed by atoms with Crippen LogP contribution in [0.3, 0.4) is 0 Å². The number of hydrogen-bond acceptors (Lipinski definition) is 5. The summed E-state index contributed by atoms with van der Waals surface area (Å²) in [6, 6.07) is 15.1. The third kappa shape index (κ3) is 5.92. The number of sulfonamides is 1. The average Bonchev–Trinajstić information content (AvgIpc) is 2.82. The second-order valence-electron chi connectivity index (χ2n) is 7.47. The molecule has 0 bridgehead atoms. The minimum absolute atomic E-state index is 0.0300. The van der Waals surface area contributed by atoms with Gasteiger partial charge in [0.2, 0.25) is 21.8 Å². The molecule has 0 atom stereocenters. The number of rotatable bonds is 6. The monoisotopic (exact) mass is 458 g/mol. The Balaban J connectivity index is 1.42. The number of carbonyl (C=O) groups excluding carboxylic acids is 3. The van der Waals surface area contributed by atoms with Crippen molar-refractivity contribution in [3.05, 3.63) is 65.7 Å². The zero-order valence-corrected chi connectivity index (χ0v) is 18.6. The maximum atomic E-state index is 12.8. The minimum atomic E-state index is -3.60. The standard InChI is InChI=1S/C22H26N4O5S/c1-17-7-9-19(10-8-17)32(30,31)26-15-13-25(14-16-26)21(28)12-11-20(27)23-24-22(29)18-5-3-2-4-6-18/h2-10H,11-16H2,1H3,(H,23,27)(H,24,29). The first kappa shape index (κ1) is 23.4. The van der Waals surface area contributed by atoms with Crippen LogP contribution in [0.15, 0.2) is 59.5 Å². The van der Waals surface area contributed by atoms with Gasteiger partial charge in [0.15, 0.2) is 0 Å². The topological polar surface area (TPSA) is 116 Å². The normalized spacial score (nSPS) is 14.6. The molecule has 10 heteroatoms. The Morgan fingerprint density at radius 3 is 2.09 bits per heavy atom. The van der Waals surface area contributed by atoms with Crippen LogP contribution in [0.2, 0.25) is 0 Å². The molecule has 3 rings (SSSR count). The van der Waals surface area contributed by atoms with Gasteiger partial charge in [0.05, 0.1) is 4.90 Å². The molecule has 1 saturated heterocycles. The fourth-order valence-corrected chi connectivity index (χ4v) is 4.69. The molecule has 0 saturated carbocycles. The highest BCUT2D eigenvalue weighted by molar-refractivity contribution is 7.89. The predicted octanol–water partition coefficient (Wildman–Crippen LogP) is 1.07. The number of hydrogen-bond donors (Lipinski definition) is 2. The van der Waals surface area contributed by atoms with Crippen molar-refractivity contribution in [3.63, 3.8) is 0 Å². The van der Waals surface area contributed by atoms with Crippen LogP contribution in [0.25, 0.3) is 0 Å². The van der Waals surface area contributed by atoms with Crippen molar-refractivity contribution in [1.29, 1.82) is 0 Å². The van der Waals surface area contributed by atoms with Gasteiger partial charge in [-0.05, 0) is 31.2 Å². The van der Waals surface area contributed by atoms with Gasteiger partial charge in [-0.3, -0.25) is 25.2 Å². The van der Waals surface area contributed by atoms with Crippen molar-refractivity contribution in [1.82, 2.24) is 20.1 Å². The van der Waals surface area contributed by atoms with Crippen molar-refractivity contribution in [3.8, 4) is 0 Å². The van der Waals surface area contributed by atoms with E-state index in [1.807, 2.05) is 6.92 Å². The van der Waals surface area contributed by atoms with E-state index in [-0.39, 0.29) is 49.8 Å². The van der Waals surface area contributed by atoms with Crippen LogP contribution in [-0.4, -0.2) is 61.5 Å². The Bertz CT molecular complexity index is 1060. The molecule has 170 valence electrons.